The van der Waals surface area contributed by atoms with Gasteiger partial charge in [-0.15, -0.1) is 0 Å². The first-order chi connectivity index (χ1) is 23.5. The van der Waals surface area contributed by atoms with E-state index >= 15 is 0 Å². The van der Waals surface area contributed by atoms with Gasteiger partial charge in [0, 0.05) is 53.8 Å². The highest BCUT2D eigenvalue weighted by molar-refractivity contribution is 5.88. The fourth-order valence-corrected chi connectivity index (χ4v) is 5.93. The molecule has 0 fully saturated rings. The number of nitrogen functional groups attached to an aromatic ring is 1. The summed E-state index contributed by atoms with van der Waals surface area (Å²) < 4.78 is 7.62. The van der Waals surface area contributed by atoms with E-state index in [-0.39, 0.29) is 42.2 Å². The largest absolute Gasteiger partial charge is 0.487 e. The average Bonchev–Trinajstić information content (AvgIpc) is 3.51. The normalized spacial score (nSPS) is 13.6. The Morgan fingerprint density at radius 3 is 2.37 bits per heavy atom. The van der Waals surface area contributed by atoms with E-state index < -0.39 is 0 Å². The number of amides is 1. The van der Waals surface area contributed by atoms with Crippen molar-refractivity contribution >= 4 is 16.7 Å². The van der Waals surface area contributed by atoms with Gasteiger partial charge in [0.25, 0.3) is 0 Å². The van der Waals surface area contributed by atoms with Gasteiger partial charge in [-0.1, -0.05) is 89.9 Å². The van der Waals surface area contributed by atoms with Crippen LogP contribution in [-0.2, 0) is 17.8 Å². The van der Waals surface area contributed by atoms with Gasteiger partial charge in [0.2, 0.25) is 5.91 Å². The topological polar surface area (TPSA) is 131 Å². The van der Waals surface area contributed by atoms with Crippen LogP contribution in [0.2, 0.25) is 0 Å². The number of hydrogen-bond donors (Lipinski definition) is 5. The molecule has 0 spiro atoms. The first-order valence-corrected chi connectivity index (χ1v) is 16.9. The van der Waals surface area contributed by atoms with E-state index in [1.54, 1.807) is 18.7 Å². The molecule has 2 aromatic carbocycles. The number of nitrogens with two attached hydrogens (primary N) is 1. The van der Waals surface area contributed by atoms with Gasteiger partial charge in [-0.05, 0) is 41.3 Å². The summed E-state index contributed by atoms with van der Waals surface area (Å²) in [5.74, 6) is 6.95. The number of hydrogen-bond acceptors (Lipinski definition) is 8. The summed E-state index contributed by atoms with van der Waals surface area (Å²) in [7, 11) is 0. The Bertz CT molecular complexity index is 1690. The number of benzene rings is 2. The second-order valence-corrected chi connectivity index (χ2v) is 13.1. The van der Waals surface area contributed by atoms with Crippen LogP contribution in [-0.4, -0.2) is 46.3 Å². The van der Waals surface area contributed by atoms with Crippen molar-refractivity contribution < 1.29 is 9.53 Å². The SMILES string of the molecule is C=C(CNC(=O)C(C(C)C)C(C)C(C)CNC(=C)C(Cc1cn(N)cn1)NC(=C)COc1cccc2ccccc12)NCc1ccccn1. The van der Waals surface area contributed by atoms with Gasteiger partial charge in [-0.25, -0.2) is 4.98 Å². The van der Waals surface area contributed by atoms with Gasteiger partial charge in [0.15, 0.2) is 0 Å². The molecule has 0 aliphatic heterocycles. The molecular formula is C39H52N8O2. The van der Waals surface area contributed by atoms with Crippen molar-refractivity contribution in [3.8, 4) is 5.75 Å². The summed E-state index contributed by atoms with van der Waals surface area (Å²) in [6.45, 7) is 23.0. The van der Waals surface area contributed by atoms with Gasteiger partial charge in [-0.2, -0.15) is 0 Å². The number of carbonyl (C=O) groups excluding carboxylic acids is 1. The van der Waals surface area contributed by atoms with Crippen molar-refractivity contribution in [1.29, 1.82) is 0 Å². The van der Waals surface area contributed by atoms with Crippen molar-refractivity contribution in [2.45, 2.75) is 46.7 Å². The number of nitrogens with zero attached hydrogens (tertiary/aromatic N) is 3. The zero-order valence-corrected chi connectivity index (χ0v) is 29.3. The van der Waals surface area contributed by atoms with Crippen LogP contribution in [0.1, 0.15) is 39.1 Å². The number of rotatable bonds is 20. The maximum Gasteiger partial charge on any atom is 0.223 e. The highest BCUT2D eigenvalue weighted by Crippen LogP contribution is 2.28. The van der Waals surface area contributed by atoms with Crippen LogP contribution in [0, 0.1) is 23.7 Å². The van der Waals surface area contributed by atoms with Crippen LogP contribution in [0.4, 0.5) is 0 Å². The van der Waals surface area contributed by atoms with Crippen molar-refractivity contribution in [2.75, 3.05) is 25.5 Å². The lowest BCUT2D eigenvalue weighted by atomic mass is 9.77. The maximum atomic E-state index is 13.4. The molecule has 0 aliphatic rings. The predicted octanol–water partition coefficient (Wildman–Crippen LogP) is 5.31. The van der Waals surface area contributed by atoms with Crippen LogP contribution in [0.25, 0.3) is 10.8 Å². The van der Waals surface area contributed by atoms with E-state index in [1.165, 1.54) is 4.68 Å². The van der Waals surface area contributed by atoms with Gasteiger partial charge < -0.3 is 31.8 Å². The van der Waals surface area contributed by atoms with E-state index in [2.05, 4.69) is 90.8 Å². The Kier molecular flexibility index (Phi) is 13.3. The molecule has 0 bridgehead atoms. The Labute approximate surface area is 290 Å². The van der Waals surface area contributed by atoms with Crippen molar-refractivity contribution in [2.24, 2.45) is 23.7 Å². The summed E-state index contributed by atoms with van der Waals surface area (Å²) in [4.78, 5) is 22.2. The van der Waals surface area contributed by atoms with Crippen molar-refractivity contribution in [3.63, 3.8) is 0 Å². The van der Waals surface area contributed by atoms with E-state index in [0.29, 0.717) is 31.8 Å². The third kappa shape index (κ3) is 10.9. The molecule has 49 heavy (non-hydrogen) atoms. The fourth-order valence-electron chi connectivity index (χ4n) is 5.93. The monoisotopic (exact) mass is 664 g/mol. The highest BCUT2D eigenvalue weighted by Gasteiger charge is 2.31. The molecule has 260 valence electrons. The van der Waals surface area contributed by atoms with Crippen molar-refractivity contribution in [3.05, 3.63) is 128 Å². The second-order valence-electron chi connectivity index (χ2n) is 13.1. The summed E-state index contributed by atoms with van der Waals surface area (Å²) in [5.41, 5.74) is 3.97. The van der Waals surface area contributed by atoms with Crippen LogP contribution in [0.5, 0.6) is 5.75 Å². The standard InChI is InChI=1S/C39H52N8O2/c1-26(2)38(39(48)44-21-28(4)42-22-33-15-10-11-18-41-33)30(6)27(3)20-43-31(7)36(19-34-23-47(40)25-45-34)46-29(5)24-49-37-17-12-14-32-13-8-9-16-35(32)37/h8-18,23,25-27,30,36,38,42-43,46H,4-5,7,19-22,24,40H2,1-3,6H3,(H,44,48). The summed E-state index contributed by atoms with van der Waals surface area (Å²) >= 11 is 0. The van der Waals surface area contributed by atoms with Gasteiger partial charge in [-0.3, -0.25) is 14.5 Å². The zero-order chi connectivity index (χ0) is 35.3. The summed E-state index contributed by atoms with van der Waals surface area (Å²) in [6, 6.07) is 19.7. The molecule has 4 atom stereocenters. The number of aromatic nitrogens is 3. The molecule has 0 radical (unpaired) electrons. The molecule has 0 saturated carbocycles. The Balaban J connectivity index is 1.31. The molecule has 0 saturated heterocycles. The summed E-state index contributed by atoms with van der Waals surface area (Å²) in [6.07, 6.45) is 5.67. The molecule has 4 rings (SSSR count). The first-order valence-electron chi connectivity index (χ1n) is 16.9. The fraction of sp³-hybridized carbons (Fsp3) is 0.359. The highest BCUT2D eigenvalue weighted by atomic mass is 16.5. The van der Waals surface area contributed by atoms with E-state index in [4.69, 9.17) is 10.6 Å². The van der Waals surface area contributed by atoms with E-state index in [1.807, 2.05) is 48.5 Å². The van der Waals surface area contributed by atoms with Crippen LogP contribution < -0.4 is 31.8 Å². The smallest absolute Gasteiger partial charge is 0.223 e. The number of pyridine rings is 1. The van der Waals surface area contributed by atoms with Crippen LogP contribution in [0.3, 0.4) is 0 Å². The zero-order valence-electron chi connectivity index (χ0n) is 29.3. The first kappa shape index (κ1) is 36.6. The molecule has 0 aliphatic carbocycles. The Hall–Kier alpha value is -5.25. The minimum absolute atomic E-state index is 0.0216. The minimum atomic E-state index is -0.227. The third-order valence-corrected chi connectivity index (χ3v) is 8.88. The molecule has 2 heterocycles. The average molecular weight is 665 g/mol. The quantitative estimate of drug-likeness (QED) is 0.0805. The Morgan fingerprint density at radius 2 is 1.65 bits per heavy atom. The maximum absolute atomic E-state index is 13.4. The molecule has 4 aromatic rings. The number of nitrogens with one attached hydrogen (secondary N) is 4. The van der Waals surface area contributed by atoms with Gasteiger partial charge >= 0.3 is 0 Å². The van der Waals surface area contributed by atoms with Crippen LogP contribution >= 0.6 is 0 Å². The molecule has 4 unspecified atom stereocenters. The Morgan fingerprint density at radius 1 is 0.898 bits per heavy atom. The molecular weight excluding hydrogens is 612 g/mol. The second kappa shape index (κ2) is 17.8. The molecule has 1 amide bonds. The number of carbonyl (C=O) groups is 1. The van der Waals surface area contributed by atoms with Gasteiger partial charge in [0.05, 0.1) is 30.5 Å². The third-order valence-electron chi connectivity index (χ3n) is 8.88. The van der Waals surface area contributed by atoms with E-state index in [0.717, 1.165) is 39.3 Å². The number of imidazole rings is 1. The lowest BCUT2D eigenvalue weighted by Crippen LogP contribution is -2.43. The molecule has 6 N–H and O–H groups in total. The molecule has 10 nitrogen and oxygen atoms in total. The summed E-state index contributed by atoms with van der Waals surface area (Å²) in [5, 5.41) is 15.5. The van der Waals surface area contributed by atoms with E-state index in [9.17, 15) is 4.79 Å². The lowest BCUT2D eigenvalue weighted by Gasteiger charge is -2.32. The number of ether oxygens (including phenoxy) is 1. The van der Waals surface area contributed by atoms with Crippen molar-refractivity contribution in [1.82, 2.24) is 35.9 Å². The van der Waals surface area contributed by atoms with Gasteiger partial charge in [0.1, 0.15) is 18.7 Å². The lowest BCUT2D eigenvalue weighted by molar-refractivity contribution is -0.128. The molecule has 2 aromatic heterocycles. The molecule has 10 heteroatoms. The minimum Gasteiger partial charge on any atom is -0.487 e. The predicted molar refractivity (Wildman–Crippen MR) is 199 cm³/mol. The van der Waals surface area contributed by atoms with Crippen LogP contribution in [0.15, 0.2) is 116 Å². The number of fused-ring (bicyclic) bond motifs is 1.